The summed E-state index contributed by atoms with van der Waals surface area (Å²) < 4.78 is 88.5. The lowest BCUT2D eigenvalue weighted by Gasteiger charge is -2.33. The Kier molecular flexibility index (Phi) is 4.51. The molecule has 0 aliphatic heterocycles. The summed E-state index contributed by atoms with van der Waals surface area (Å²) in [6.45, 7) is 0. The predicted octanol–water partition coefficient (Wildman–Crippen LogP) is 4.24. The van der Waals surface area contributed by atoms with Gasteiger partial charge in [0.05, 0.1) is 0 Å². The van der Waals surface area contributed by atoms with Gasteiger partial charge in [0.25, 0.3) is 0 Å². The summed E-state index contributed by atoms with van der Waals surface area (Å²) in [5, 5.41) is 0. The molecule has 0 fully saturated rings. The van der Waals surface area contributed by atoms with Gasteiger partial charge in [-0.25, -0.2) is 4.74 Å². The molecular weight excluding hydrogens is 470 g/mol. The van der Waals surface area contributed by atoms with E-state index in [9.17, 15) is 35.1 Å². The van der Waals surface area contributed by atoms with Crippen LogP contribution in [0.4, 0.5) is 35.1 Å². The summed E-state index contributed by atoms with van der Waals surface area (Å²) in [6.07, 6.45) is -5.95. The van der Waals surface area contributed by atoms with Crippen molar-refractivity contribution >= 4 is 45.2 Å². The highest BCUT2D eigenvalue weighted by Crippen LogP contribution is 2.53. The molecule has 0 unspecified atom stereocenters. The molecule has 0 bridgehead atoms. The van der Waals surface area contributed by atoms with Crippen LogP contribution >= 0.6 is 45.2 Å². The van der Waals surface area contributed by atoms with Gasteiger partial charge in [-0.2, -0.15) is 22.0 Å². The van der Waals surface area contributed by atoms with Crippen LogP contribution in [0.1, 0.15) is 0 Å². The molecule has 15 heavy (non-hydrogen) atoms. The zero-order chi connectivity index (χ0) is 12.7. The van der Waals surface area contributed by atoms with Crippen LogP contribution in [0.25, 0.3) is 0 Å². The van der Waals surface area contributed by atoms with Gasteiger partial charge in [0, 0.05) is 45.2 Å². The van der Waals surface area contributed by atoms with E-state index in [1.807, 2.05) is 0 Å². The van der Waals surface area contributed by atoms with Gasteiger partial charge in [0.1, 0.15) is 0 Å². The smallest absolute Gasteiger partial charge is 0.241 e. The molecule has 0 heterocycles. The molecule has 11 heteroatoms. The number of hydrogen-bond donors (Lipinski definition) is 0. The molecule has 0 rings (SSSR count). The maximum Gasteiger partial charge on any atom is 0.525 e. The second kappa shape index (κ2) is 4.27. The highest BCUT2D eigenvalue weighted by molar-refractivity contribution is 14.1. The first-order chi connectivity index (χ1) is 6.21. The molecule has 0 aromatic rings. The maximum absolute atomic E-state index is 12.8. The molecule has 0 spiro atoms. The Labute approximate surface area is 105 Å². The number of alkyl halides is 10. The largest absolute Gasteiger partial charge is 0.525 e. The number of hydrogen-bond acceptors (Lipinski definition) is 1. The Bertz CT molecular complexity index is 212. The lowest BCUT2D eigenvalue weighted by molar-refractivity contribution is -0.436. The third-order valence-corrected chi connectivity index (χ3v) is 2.37. The van der Waals surface area contributed by atoms with Crippen molar-refractivity contribution in [2.24, 2.45) is 0 Å². The van der Waals surface area contributed by atoms with Gasteiger partial charge in [-0.05, 0) is 0 Å². The molecule has 0 saturated heterocycles. The van der Waals surface area contributed by atoms with Crippen molar-refractivity contribution in [2.75, 3.05) is 0 Å². The Morgan fingerprint density at radius 2 is 0.933 bits per heavy atom. The second-order valence-corrected chi connectivity index (χ2v) is 4.85. The van der Waals surface area contributed by atoms with Crippen molar-refractivity contribution in [3.8, 4) is 0 Å². The van der Waals surface area contributed by atoms with Crippen LogP contribution in [0.3, 0.4) is 0 Å². The van der Waals surface area contributed by atoms with Gasteiger partial charge in [-0.1, -0.05) is 0 Å². The predicted molar refractivity (Wildman–Crippen MR) is 48.9 cm³/mol. The van der Waals surface area contributed by atoms with Crippen LogP contribution in [-0.4, -0.2) is 20.1 Å². The summed E-state index contributed by atoms with van der Waals surface area (Å²) in [5.74, 6) is -5.46. The fourth-order valence-corrected chi connectivity index (χ4v) is 1.85. The molecule has 0 atom stereocenters. The third kappa shape index (κ3) is 3.98. The molecule has 0 aromatic heterocycles. The normalized spacial score (nSPS) is 15.6. The van der Waals surface area contributed by atoms with E-state index in [4.69, 9.17) is 0 Å². The average molecular weight is 470 g/mol. The van der Waals surface area contributed by atoms with Gasteiger partial charge in [-0.3, -0.25) is 0 Å². The molecule has 0 N–H and O–H groups in total. The summed E-state index contributed by atoms with van der Waals surface area (Å²) >= 11 is -0.395. The van der Waals surface area contributed by atoms with Gasteiger partial charge in [0.2, 0.25) is 0 Å². The number of rotatable bonds is 3. The summed E-state index contributed by atoms with van der Waals surface area (Å²) in [5.41, 5.74) is 0. The van der Waals surface area contributed by atoms with Crippen LogP contribution in [0, 0.1) is 0 Å². The SMILES string of the molecule is FC(F)(F)OC(F)(C(F)(F)I)C(F)(F)I. The van der Waals surface area contributed by atoms with E-state index >= 15 is 0 Å². The van der Waals surface area contributed by atoms with Crippen molar-refractivity contribution in [1.29, 1.82) is 0 Å². The fourth-order valence-electron chi connectivity index (χ4n) is 0.436. The summed E-state index contributed by atoms with van der Waals surface area (Å²) in [4.78, 5) is 0. The van der Waals surface area contributed by atoms with E-state index in [1.165, 1.54) is 0 Å². The molecule has 1 nitrogen and oxygen atoms in total. The second-order valence-electron chi connectivity index (χ2n) is 2.14. The number of ether oxygens (including phenoxy) is 1. The van der Waals surface area contributed by atoms with Crippen LogP contribution in [0.5, 0.6) is 0 Å². The lowest BCUT2D eigenvalue weighted by Crippen LogP contribution is -2.55. The highest BCUT2D eigenvalue weighted by atomic mass is 127. The number of halogens is 10. The summed E-state index contributed by atoms with van der Waals surface area (Å²) in [7, 11) is 0. The van der Waals surface area contributed by atoms with Gasteiger partial charge < -0.3 is 0 Å². The monoisotopic (exact) mass is 470 g/mol. The van der Waals surface area contributed by atoms with E-state index in [0.717, 1.165) is 0 Å². The molecule has 0 aliphatic carbocycles. The van der Waals surface area contributed by atoms with E-state index in [0.29, 0.717) is 0 Å². The van der Waals surface area contributed by atoms with E-state index in [2.05, 4.69) is 4.74 Å². The average Bonchev–Trinajstić information content (AvgIpc) is 1.77. The fraction of sp³-hybridized carbons (Fsp3) is 1.00. The van der Waals surface area contributed by atoms with Crippen molar-refractivity contribution in [3.05, 3.63) is 0 Å². The Hall–Kier alpha value is 0.860. The minimum atomic E-state index is -5.95. The first-order valence-corrected chi connectivity index (χ1v) is 4.96. The van der Waals surface area contributed by atoms with Crippen molar-refractivity contribution in [3.63, 3.8) is 0 Å². The standard InChI is InChI=1S/C4F8I2O/c5-1(2(6,7)13,3(8,9)14)15-4(10,11)12. The zero-order valence-corrected chi connectivity index (χ0v) is 10.5. The third-order valence-electron chi connectivity index (χ3n) is 0.986. The first kappa shape index (κ1) is 15.9. The first-order valence-electron chi connectivity index (χ1n) is 2.80. The Balaban J connectivity index is 5.26. The molecule has 0 aromatic carbocycles. The van der Waals surface area contributed by atoms with Crippen LogP contribution in [-0.2, 0) is 4.74 Å². The molecule has 0 amide bonds. The van der Waals surface area contributed by atoms with Crippen LogP contribution in [0.15, 0.2) is 0 Å². The van der Waals surface area contributed by atoms with Crippen LogP contribution in [0.2, 0.25) is 0 Å². The molecule has 0 aliphatic rings. The van der Waals surface area contributed by atoms with E-state index in [-0.39, 0.29) is 45.2 Å². The molecule has 0 saturated carbocycles. The lowest BCUT2D eigenvalue weighted by atomic mass is 10.3. The maximum atomic E-state index is 12.8. The van der Waals surface area contributed by atoms with E-state index < -0.39 is 20.1 Å². The van der Waals surface area contributed by atoms with Crippen molar-refractivity contribution in [1.82, 2.24) is 0 Å². The van der Waals surface area contributed by atoms with Gasteiger partial charge in [0.15, 0.2) is 0 Å². The highest BCUT2D eigenvalue weighted by Gasteiger charge is 2.73. The van der Waals surface area contributed by atoms with Gasteiger partial charge >= 0.3 is 20.1 Å². The van der Waals surface area contributed by atoms with E-state index in [1.54, 1.807) is 0 Å². The topological polar surface area (TPSA) is 9.23 Å². The Morgan fingerprint density at radius 1 is 0.667 bits per heavy atom. The van der Waals surface area contributed by atoms with Gasteiger partial charge in [-0.15, -0.1) is 13.2 Å². The Morgan fingerprint density at radius 3 is 1.00 bits per heavy atom. The minimum Gasteiger partial charge on any atom is -0.241 e. The zero-order valence-electron chi connectivity index (χ0n) is 6.19. The van der Waals surface area contributed by atoms with Crippen molar-refractivity contribution < 1.29 is 39.9 Å². The quantitative estimate of drug-likeness (QED) is 0.341. The molecule has 92 valence electrons. The summed E-state index contributed by atoms with van der Waals surface area (Å²) in [6, 6.07) is 0. The minimum absolute atomic E-state index is 0.197. The molecule has 0 radical (unpaired) electrons. The van der Waals surface area contributed by atoms with Crippen LogP contribution < -0.4 is 0 Å². The molecular formula is C4F8I2O. The van der Waals surface area contributed by atoms with Crippen molar-refractivity contribution in [2.45, 2.75) is 20.1 Å².